The van der Waals surface area contributed by atoms with Gasteiger partial charge in [-0.15, -0.1) is 0 Å². The number of amides is 3. The van der Waals surface area contributed by atoms with Crippen molar-refractivity contribution in [2.45, 2.75) is 25.3 Å². The zero-order valence-electron chi connectivity index (χ0n) is 15.9. The third-order valence-electron chi connectivity index (χ3n) is 5.97. The number of imide groups is 1. The van der Waals surface area contributed by atoms with Crippen LogP contribution in [-0.2, 0) is 4.79 Å². The van der Waals surface area contributed by atoms with Gasteiger partial charge in [0, 0.05) is 32.7 Å². The minimum absolute atomic E-state index is 0.0526. The van der Waals surface area contributed by atoms with Gasteiger partial charge in [-0.05, 0) is 31.2 Å². The van der Waals surface area contributed by atoms with Crippen molar-refractivity contribution < 1.29 is 9.59 Å². The van der Waals surface area contributed by atoms with Gasteiger partial charge >= 0.3 is 6.03 Å². The first-order valence-corrected chi connectivity index (χ1v) is 9.87. The minimum atomic E-state index is -0.679. The van der Waals surface area contributed by atoms with Gasteiger partial charge < -0.3 is 5.32 Å². The first-order valence-electron chi connectivity index (χ1n) is 9.87. The molecule has 144 valence electrons. The summed E-state index contributed by atoms with van der Waals surface area (Å²) in [5, 5.41) is 2.93. The molecule has 0 unspecified atom stereocenters. The second-order valence-electron chi connectivity index (χ2n) is 8.01. The topological polar surface area (TPSA) is 55.9 Å². The second kappa shape index (κ2) is 7.44. The van der Waals surface area contributed by atoms with Crippen LogP contribution >= 0.6 is 0 Å². The first kappa shape index (κ1) is 18.2. The average molecular weight is 368 g/mol. The summed E-state index contributed by atoms with van der Waals surface area (Å²) in [7, 11) is 0. The lowest BCUT2D eigenvalue weighted by Crippen LogP contribution is -2.52. The summed E-state index contributed by atoms with van der Waals surface area (Å²) in [5.74, 6) is 0.260. The van der Waals surface area contributed by atoms with Crippen molar-refractivity contribution in [2.24, 2.45) is 5.92 Å². The molecule has 0 aromatic heterocycles. The highest BCUT2D eigenvalue weighted by Gasteiger charge is 2.56. The number of nitrogens with one attached hydrogen (secondary N) is 1. The molecule has 1 saturated carbocycles. The number of rotatable bonds is 6. The van der Waals surface area contributed by atoms with Crippen molar-refractivity contribution in [1.29, 1.82) is 0 Å². The van der Waals surface area contributed by atoms with Gasteiger partial charge in [0.2, 0.25) is 0 Å². The van der Waals surface area contributed by atoms with Crippen LogP contribution < -0.4 is 5.32 Å². The number of carbonyl (C=O) groups excluding carboxylic acids is 2. The number of hydrogen-bond donors (Lipinski definition) is 1. The van der Waals surface area contributed by atoms with Crippen molar-refractivity contribution in [3.8, 4) is 0 Å². The average Bonchev–Trinajstić information content (AvgIpc) is 3.50. The fraction of sp³-hybridized carbons (Fsp3) is 0.524. The molecule has 1 aromatic rings. The lowest BCUT2D eigenvalue weighted by molar-refractivity contribution is -0.133. The molecule has 3 aliphatic rings. The third-order valence-corrected chi connectivity index (χ3v) is 5.97. The van der Waals surface area contributed by atoms with E-state index in [0.29, 0.717) is 12.6 Å². The molecule has 6 nitrogen and oxygen atoms in total. The van der Waals surface area contributed by atoms with E-state index in [4.69, 9.17) is 0 Å². The number of benzene rings is 1. The molecule has 2 saturated heterocycles. The Morgan fingerprint density at radius 3 is 2.41 bits per heavy atom. The van der Waals surface area contributed by atoms with E-state index < -0.39 is 5.54 Å². The highest BCUT2D eigenvalue weighted by atomic mass is 16.2. The molecular formula is C21H28N4O2. The van der Waals surface area contributed by atoms with E-state index in [1.807, 2.05) is 25.1 Å². The zero-order chi connectivity index (χ0) is 18.9. The van der Waals surface area contributed by atoms with E-state index in [9.17, 15) is 9.59 Å². The molecule has 0 radical (unpaired) electrons. The van der Waals surface area contributed by atoms with E-state index in [2.05, 4.69) is 39.4 Å². The van der Waals surface area contributed by atoms with Crippen LogP contribution in [0.5, 0.6) is 0 Å². The second-order valence-corrected chi connectivity index (χ2v) is 8.01. The quantitative estimate of drug-likeness (QED) is 0.781. The lowest BCUT2D eigenvalue weighted by Gasteiger charge is -2.35. The molecule has 27 heavy (non-hydrogen) atoms. The van der Waals surface area contributed by atoms with Gasteiger partial charge in [-0.25, -0.2) is 9.69 Å². The van der Waals surface area contributed by atoms with Crippen molar-refractivity contribution in [1.82, 2.24) is 20.0 Å². The van der Waals surface area contributed by atoms with E-state index in [1.165, 1.54) is 10.5 Å². The normalized spacial score (nSPS) is 27.5. The van der Waals surface area contributed by atoms with E-state index >= 15 is 0 Å². The van der Waals surface area contributed by atoms with Crippen molar-refractivity contribution in [3.63, 3.8) is 0 Å². The molecule has 0 spiro atoms. The first-order chi connectivity index (χ1) is 13.1. The monoisotopic (exact) mass is 368 g/mol. The van der Waals surface area contributed by atoms with Gasteiger partial charge in [-0.2, -0.15) is 0 Å². The molecule has 1 atom stereocenters. The maximum Gasteiger partial charge on any atom is 0.326 e. The molecule has 0 bridgehead atoms. The van der Waals surface area contributed by atoms with E-state index in [1.54, 1.807) is 0 Å². The number of urea groups is 1. The molecule has 1 aliphatic carbocycles. The summed E-state index contributed by atoms with van der Waals surface area (Å²) in [6, 6.07) is 10.1. The molecule has 2 aliphatic heterocycles. The molecular weight excluding hydrogens is 340 g/mol. The van der Waals surface area contributed by atoms with Crippen LogP contribution in [0, 0.1) is 5.92 Å². The summed E-state index contributed by atoms with van der Waals surface area (Å²) in [6.07, 6.45) is 6.42. The van der Waals surface area contributed by atoms with Crippen molar-refractivity contribution >= 4 is 18.0 Å². The molecule has 1 N–H and O–H groups in total. The minimum Gasteiger partial charge on any atom is -0.323 e. The van der Waals surface area contributed by atoms with Crippen LogP contribution in [0.1, 0.15) is 25.3 Å². The molecule has 3 fully saturated rings. The Morgan fingerprint density at radius 2 is 1.74 bits per heavy atom. The Labute approximate surface area is 160 Å². The molecule has 6 heteroatoms. The van der Waals surface area contributed by atoms with Crippen LogP contribution in [0.2, 0.25) is 0 Å². The number of hydrogen-bond acceptors (Lipinski definition) is 4. The Balaban J connectivity index is 1.24. The van der Waals surface area contributed by atoms with Gasteiger partial charge in [-0.3, -0.25) is 14.6 Å². The number of carbonyl (C=O) groups is 2. The highest BCUT2D eigenvalue weighted by molar-refractivity contribution is 6.07. The summed E-state index contributed by atoms with van der Waals surface area (Å²) in [6.45, 7) is 6.84. The Bertz CT molecular complexity index is 723. The fourth-order valence-corrected chi connectivity index (χ4v) is 4.00. The Kier molecular flexibility index (Phi) is 5.02. The molecule has 3 amide bonds. The Hall–Kier alpha value is -2.18. The zero-order valence-corrected chi connectivity index (χ0v) is 15.9. The van der Waals surface area contributed by atoms with Gasteiger partial charge in [0.25, 0.3) is 5.91 Å². The van der Waals surface area contributed by atoms with Gasteiger partial charge in [0.05, 0.1) is 6.67 Å². The maximum absolute atomic E-state index is 12.7. The summed E-state index contributed by atoms with van der Waals surface area (Å²) >= 11 is 0. The van der Waals surface area contributed by atoms with Crippen LogP contribution in [0.3, 0.4) is 0 Å². The van der Waals surface area contributed by atoms with Crippen LogP contribution in [0.15, 0.2) is 36.4 Å². The molecule has 1 aromatic carbocycles. The predicted octanol–water partition coefficient (Wildman–Crippen LogP) is 2.00. The number of piperazine rings is 1. The number of nitrogens with zero attached hydrogens (tertiary/aromatic N) is 3. The Morgan fingerprint density at radius 1 is 1.07 bits per heavy atom. The summed E-state index contributed by atoms with van der Waals surface area (Å²) in [4.78, 5) is 31.0. The van der Waals surface area contributed by atoms with Crippen molar-refractivity contribution in [3.05, 3.63) is 42.0 Å². The van der Waals surface area contributed by atoms with Gasteiger partial charge in [0.1, 0.15) is 5.54 Å². The maximum atomic E-state index is 12.7. The fourth-order valence-electron chi connectivity index (χ4n) is 4.00. The van der Waals surface area contributed by atoms with E-state index in [-0.39, 0.29) is 11.9 Å². The predicted molar refractivity (Wildman–Crippen MR) is 105 cm³/mol. The van der Waals surface area contributed by atoms with Crippen molar-refractivity contribution in [2.75, 3.05) is 39.4 Å². The van der Waals surface area contributed by atoms with Gasteiger partial charge in [0.15, 0.2) is 0 Å². The van der Waals surface area contributed by atoms with Crippen LogP contribution in [0.25, 0.3) is 6.08 Å². The standard InChI is InChI=1S/C21H28N4O2/c1-21(18-9-10-18)19(26)25(20(27)22-21)16-24-14-12-23(13-15-24)11-5-8-17-6-3-2-4-7-17/h2-8,18H,9-16H2,1H3,(H,22,27)/b8-5+/t21-/m0/s1. The van der Waals surface area contributed by atoms with Crippen LogP contribution in [0.4, 0.5) is 4.79 Å². The van der Waals surface area contributed by atoms with Gasteiger partial charge in [-0.1, -0.05) is 42.5 Å². The van der Waals surface area contributed by atoms with E-state index in [0.717, 1.165) is 45.6 Å². The SMILES string of the molecule is C[C@@]1(C2CC2)NC(=O)N(CN2CCN(C/C=C/c3ccccc3)CC2)C1=O. The smallest absolute Gasteiger partial charge is 0.323 e. The summed E-state index contributed by atoms with van der Waals surface area (Å²) in [5.41, 5.74) is 0.537. The molecule has 4 rings (SSSR count). The third kappa shape index (κ3) is 3.92. The highest BCUT2D eigenvalue weighted by Crippen LogP contribution is 2.42. The molecule has 2 heterocycles. The largest absolute Gasteiger partial charge is 0.326 e. The van der Waals surface area contributed by atoms with Crippen LogP contribution in [-0.4, -0.2) is 71.6 Å². The lowest BCUT2D eigenvalue weighted by atomic mass is 9.96. The summed E-state index contributed by atoms with van der Waals surface area (Å²) < 4.78 is 0.